The number of ketones is 3. The topological polar surface area (TPSA) is 207 Å². The highest BCUT2D eigenvalue weighted by atomic mass is 35.8. The number of aromatic hydroxyl groups is 2. The molecule has 0 aliphatic carbocycles. The van der Waals surface area contributed by atoms with Crippen LogP contribution in [0.2, 0.25) is 0 Å². The molecule has 0 aliphatic heterocycles. The van der Waals surface area contributed by atoms with Gasteiger partial charge in [-0.2, -0.15) is 0 Å². The van der Waals surface area contributed by atoms with E-state index in [1.54, 1.807) is 50.6 Å². The van der Waals surface area contributed by atoms with Crippen molar-refractivity contribution in [3.63, 3.8) is 0 Å². The average molecular weight is 1030 g/mol. The molecule has 0 amide bonds. The number of Topliss-reactive ketones (excluding diaryl/α,β-unsaturated/α-hetero) is 3. The molecule has 348 valence electrons. The Labute approximate surface area is 402 Å². The molecule has 3 heterocycles. The molecule has 0 bridgehead atoms. The number of phenols is 2. The number of hydrogen-bond donors (Lipinski definition) is 2. The predicted molar refractivity (Wildman–Crippen MR) is 255 cm³/mol. The lowest BCUT2D eigenvalue weighted by Crippen LogP contribution is -2.04. The van der Waals surface area contributed by atoms with Gasteiger partial charge in [0.15, 0.2) is 51.8 Å². The Morgan fingerprint density at radius 2 is 0.708 bits per heavy atom. The number of carbonyl (C=O) groups excluding carboxylic acids is 6. The first-order valence-electron chi connectivity index (χ1n) is 18.9. The zero-order valence-electron chi connectivity index (χ0n) is 36.1. The summed E-state index contributed by atoms with van der Waals surface area (Å²) in [6.07, 6.45) is 0.603. The van der Waals surface area contributed by atoms with E-state index in [-0.39, 0.29) is 73.3 Å². The smallest absolute Gasteiger partial charge is 0.504 e. The number of fused-ring (bicyclic) bond motifs is 3. The molecule has 65 heavy (non-hydrogen) atoms. The van der Waals surface area contributed by atoms with E-state index >= 15 is 0 Å². The van der Waals surface area contributed by atoms with Gasteiger partial charge in [0.05, 0.1) is 83.7 Å². The molecule has 15 nitrogen and oxygen atoms in total. The first-order valence-corrected chi connectivity index (χ1v) is 26.6. The lowest BCUT2D eigenvalue weighted by Gasteiger charge is -2.06. The number of carbonyl (C=O) groups is 6. The van der Waals surface area contributed by atoms with E-state index in [9.17, 15) is 39.0 Å². The molecule has 3 aromatic heterocycles. The molecule has 0 saturated heterocycles. The highest BCUT2D eigenvalue weighted by molar-refractivity contribution is 7.54. The average Bonchev–Trinajstić information content (AvgIpc) is 4.04. The van der Waals surface area contributed by atoms with Crippen LogP contribution in [0.5, 0.6) is 34.5 Å². The molecular formula is C43H44AlCl3O15S3. The van der Waals surface area contributed by atoms with Crippen molar-refractivity contribution in [2.24, 2.45) is 0 Å². The summed E-state index contributed by atoms with van der Waals surface area (Å²) in [6.45, 7) is 0. The fourth-order valence-electron chi connectivity index (χ4n) is 5.54. The van der Waals surface area contributed by atoms with Gasteiger partial charge in [-0.3, -0.25) is 28.8 Å². The van der Waals surface area contributed by atoms with Crippen molar-refractivity contribution in [2.45, 2.75) is 38.5 Å². The second-order valence-electron chi connectivity index (χ2n) is 12.9. The van der Waals surface area contributed by atoms with E-state index in [4.69, 9.17) is 49.1 Å². The summed E-state index contributed by atoms with van der Waals surface area (Å²) in [5.41, 5.74) is 0. The highest BCUT2D eigenvalue weighted by Crippen LogP contribution is 2.39. The number of benzene rings is 3. The molecule has 22 heteroatoms. The summed E-state index contributed by atoms with van der Waals surface area (Å²) in [7, 11) is 24.8. The molecular weight excluding hydrogens is 986 g/mol. The fourth-order valence-corrected chi connectivity index (χ4v) is 8.67. The maximum Gasteiger partial charge on any atom is 0.643 e. The summed E-state index contributed by atoms with van der Waals surface area (Å²) in [4.78, 5) is 70.9. The Bertz CT molecular complexity index is 2460. The number of methoxy groups -OCH3 is 7. The van der Waals surface area contributed by atoms with Crippen molar-refractivity contribution in [1.29, 1.82) is 0 Å². The zero-order valence-corrected chi connectivity index (χ0v) is 41.9. The Morgan fingerprint density at radius 3 is 1.06 bits per heavy atom. The third kappa shape index (κ3) is 16.5. The van der Waals surface area contributed by atoms with Crippen molar-refractivity contribution >= 4 is 141 Å². The van der Waals surface area contributed by atoms with Crippen LogP contribution in [0.1, 0.15) is 67.5 Å². The van der Waals surface area contributed by atoms with E-state index < -0.39 is 23.3 Å². The molecule has 6 rings (SSSR count). The van der Waals surface area contributed by atoms with Crippen LogP contribution in [-0.2, 0) is 28.6 Å². The van der Waals surface area contributed by atoms with Crippen LogP contribution >= 0.6 is 64.2 Å². The third-order valence-electron chi connectivity index (χ3n) is 8.83. The Balaban J connectivity index is 0.000000248. The second-order valence-corrected chi connectivity index (χ2v) is 22.6. The van der Waals surface area contributed by atoms with E-state index in [0.717, 1.165) is 30.3 Å². The second kappa shape index (κ2) is 27.0. The van der Waals surface area contributed by atoms with Crippen LogP contribution in [0, 0.1) is 0 Å². The van der Waals surface area contributed by atoms with Gasteiger partial charge in [-0.25, -0.2) is 30.1 Å². The van der Waals surface area contributed by atoms with E-state index in [1.165, 1.54) is 69.6 Å². The monoisotopic (exact) mass is 1030 g/mol. The molecule has 0 aliphatic rings. The van der Waals surface area contributed by atoms with Gasteiger partial charge in [-0.05, 0) is 52.6 Å². The highest BCUT2D eigenvalue weighted by Gasteiger charge is 2.18. The minimum Gasteiger partial charge on any atom is -0.504 e. The first-order chi connectivity index (χ1) is 30.9. The summed E-state index contributed by atoms with van der Waals surface area (Å²) in [6, 6.07) is 15.4. The van der Waals surface area contributed by atoms with Gasteiger partial charge < -0.3 is 43.4 Å². The molecule has 0 unspecified atom stereocenters. The van der Waals surface area contributed by atoms with Crippen molar-refractivity contribution in [2.75, 3.05) is 49.8 Å². The lowest BCUT2D eigenvalue weighted by atomic mass is 10.1. The standard InChI is InChI=1S/C15H16O5S.2C14H14O5S.Al.3ClH/c1-18-11-6-9-7-14(10(16)4-5-15(17)20-3)21-13(9)8-12(11)19-2;1-18-11-5-8-6-13(20-12(8)7-10(11)16)9(15)3-4-14(17)19-2;1-18-11-7-12-8(5-10(11)16)6-13(20-12)9(15)3-4-14(17)19-2;;;;/h6-8H,4-5H2,1-3H3;2*5-7,16H,3-4H2,1-2H3;;3*1H/q;;;+3;;;/p-3. The largest absolute Gasteiger partial charge is 0.643 e. The molecule has 0 fully saturated rings. The van der Waals surface area contributed by atoms with Gasteiger partial charge >= 0.3 is 29.3 Å². The number of phenolic OH excluding ortho intramolecular Hbond substituents is 2. The predicted octanol–water partition coefficient (Wildman–Crippen LogP) is 10.2. The molecule has 0 radical (unpaired) electrons. The van der Waals surface area contributed by atoms with Gasteiger partial charge in [-0.1, -0.05) is 0 Å². The SMILES string of the molecule is COC(=O)CCC(=O)c1cc2cc(O)c(OC)cc2s1.COC(=O)CCC(=O)c1cc2cc(OC)c(O)cc2s1.COC(=O)CCC(=O)c1cc2cc(OC)c(OC)cc2s1.[Cl][Al]([Cl])[Cl]. The number of esters is 3. The van der Waals surface area contributed by atoms with E-state index in [1.807, 2.05) is 18.2 Å². The van der Waals surface area contributed by atoms with Gasteiger partial charge in [0, 0.05) is 51.6 Å². The maximum absolute atomic E-state index is 12.1. The summed E-state index contributed by atoms with van der Waals surface area (Å²) in [5.74, 6) is 0.560. The molecule has 3 aromatic carbocycles. The number of thiophene rings is 3. The number of hydrogen-bond acceptors (Lipinski definition) is 18. The van der Waals surface area contributed by atoms with Gasteiger partial charge in [0.1, 0.15) is 0 Å². The Kier molecular flexibility index (Phi) is 22.6. The molecule has 0 atom stereocenters. The maximum atomic E-state index is 12.1. The minimum absolute atomic E-state index is 0.0337. The van der Waals surface area contributed by atoms with Crippen LogP contribution < -0.4 is 18.9 Å². The number of ether oxygens (including phenoxy) is 7. The van der Waals surface area contributed by atoms with E-state index in [2.05, 4.69) is 14.2 Å². The summed E-state index contributed by atoms with van der Waals surface area (Å²) >= 11 is 2.24. The third-order valence-corrected chi connectivity index (χ3v) is 12.3. The Hall–Kier alpha value is -4.84. The quantitative estimate of drug-likeness (QED) is 0.0400. The van der Waals surface area contributed by atoms with Gasteiger partial charge in [0.25, 0.3) is 0 Å². The van der Waals surface area contributed by atoms with Crippen molar-refractivity contribution in [3.8, 4) is 34.5 Å². The van der Waals surface area contributed by atoms with Gasteiger partial charge in [-0.15, -0.1) is 34.0 Å². The summed E-state index contributed by atoms with van der Waals surface area (Å²) in [5, 5.41) is 21.9. The first kappa shape index (κ1) is 54.5. The lowest BCUT2D eigenvalue weighted by molar-refractivity contribution is -0.141. The Morgan fingerprint density at radius 1 is 0.431 bits per heavy atom. The van der Waals surface area contributed by atoms with Crippen LogP contribution in [0.25, 0.3) is 30.3 Å². The van der Waals surface area contributed by atoms with E-state index in [0.29, 0.717) is 37.6 Å². The van der Waals surface area contributed by atoms with Crippen LogP contribution in [0.15, 0.2) is 54.6 Å². The van der Waals surface area contributed by atoms with Crippen molar-refractivity contribution < 1.29 is 72.1 Å². The zero-order chi connectivity index (χ0) is 48.4. The normalized spacial score (nSPS) is 10.2. The van der Waals surface area contributed by atoms with Crippen LogP contribution in [0.3, 0.4) is 0 Å². The molecule has 2 N–H and O–H groups in total. The minimum atomic E-state index is -1.72. The van der Waals surface area contributed by atoms with Crippen molar-refractivity contribution in [3.05, 3.63) is 69.2 Å². The summed E-state index contributed by atoms with van der Waals surface area (Å²) < 4.78 is 36.7. The molecule has 6 aromatic rings. The molecule has 0 spiro atoms. The molecule has 0 saturated carbocycles. The van der Waals surface area contributed by atoms with Gasteiger partial charge in [0.2, 0.25) is 0 Å². The van der Waals surface area contributed by atoms with Crippen molar-refractivity contribution in [1.82, 2.24) is 0 Å². The number of rotatable bonds is 16. The van der Waals surface area contributed by atoms with Crippen LogP contribution in [0.4, 0.5) is 0 Å². The number of halogens is 3. The van der Waals surface area contributed by atoms with Crippen LogP contribution in [-0.4, -0.2) is 107 Å². The fraction of sp³-hybridized carbons (Fsp3) is 0.302.